The van der Waals surface area contributed by atoms with Gasteiger partial charge in [0, 0.05) is 43.5 Å². The number of nitriles is 1. The lowest BCUT2D eigenvalue weighted by atomic mass is 10.1. The van der Waals surface area contributed by atoms with Crippen LogP contribution in [0.15, 0.2) is 67.1 Å². The molecule has 1 aromatic carbocycles. The lowest BCUT2D eigenvalue weighted by Crippen LogP contribution is -2.49. The fourth-order valence-corrected chi connectivity index (χ4v) is 4.49. The second-order valence-electron chi connectivity index (χ2n) is 9.15. The van der Waals surface area contributed by atoms with Gasteiger partial charge >= 0.3 is 0 Å². The number of aromatic nitrogens is 3. The van der Waals surface area contributed by atoms with Crippen molar-refractivity contribution in [2.24, 2.45) is 0 Å². The molecule has 0 spiro atoms. The SMILES string of the molecule is C[C@H](O)COc1cc(-c2ccc(N3CCN(C(=O)Cc4ccccc4)CC3)nc2)c2c(C#N)cnn2c1. The number of fused-ring (bicyclic) bond motifs is 1. The molecule has 9 heteroatoms. The number of hydrogen-bond acceptors (Lipinski definition) is 7. The van der Waals surface area contributed by atoms with Crippen LogP contribution in [-0.4, -0.2) is 69.4 Å². The second kappa shape index (κ2) is 10.7. The number of anilines is 1. The van der Waals surface area contributed by atoms with Crippen molar-refractivity contribution in [1.29, 1.82) is 5.26 Å². The molecule has 0 unspecified atom stereocenters. The second-order valence-corrected chi connectivity index (χ2v) is 9.15. The summed E-state index contributed by atoms with van der Waals surface area (Å²) in [6, 6.07) is 17.8. The summed E-state index contributed by atoms with van der Waals surface area (Å²) in [7, 11) is 0. The fourth-order valence-electron chi connectivity index (χ4n) is 4.49. The molecule has 0 radical (unpaired) electrons. The molecule has 9 nitrogen and oxygen atoms in total. The highest BCUT2D eigenvalue weighted by atomic mass is 16.5. The Kier molecular flexibility index (Phi) is 7.01. The van der Waals surface area contributed by atoms with Crippen LogP contribution in [0.25, 0.3) is 16.6 Å². The zero-order chi connectivity index (χ0) is 25.8. The number of benzene rings is 1. The first kappa shape index (κ1) is 24.3. The van der Waals surface area contributed by atoms with E-state index in [1.54, 1.807) is 23.8 Å². The van der Waals surface area contributed by atoms with Crippen molar-refractivity contribution >= 4 is 17.2 Å². The molecule has 37 heavy (non-hydrogen) atoms. The van der Waals surface area contributed by atoms with Gasteiger partial charge in [-0.15, -0.1) is 0 Å². The Bertz CT molecular complexity index is 1420. The van der Waals surface area contributed by atoms with Crippen molar-refractivity contribution < 1.29 is 14.6 Å². The zero-order valence-electron chi connectivity index (χ0n) is 20.6. The van der Waals surface area contributed by atoms with Gasteiger partial charge in [-0.1, -0.05) is 30.3 Å². The van der Waals surface area contributed by atoms with Gasteiger partial charge in [-0.3, -0.25) is 4.79 Å². The van der Waals surface area contributed by atoms with Gasteiger partial charge in [0.15, 0.2) is 0 Å². The Balaban J connectivity index is 1.30. The smallest absolute Gasteiger partial charge is 0.227 e. The molecule has 1 fully saturated rings. The Hall–Kier alpha value is -4.42. The molecule has 0 bridgehead atoms. The Morgan fingerprint density at radius 1 is 1.14 bits per heavy atom. The highest BCUT2D eigenvalue weighted by Gasteiger charge is 2.22. The minimum absolute atomic E-state index is 0.143. The van der Waals surface area contributed by atoms with Crippen LogP contribution in [0.2, 0.25) is 0 Å². The van der Waals surface area contributed by atoms with Crippen molar-refractivity contribution in [3.8, 4) is 22.9 Å². The number of aliphatic hydroxyl groups excluding tert-OH is 1. The maximum absolute atomic E-state index is 12.7. The van der Waals surface area contributed by atoms with Crippen LogP contribution < -0.4 is 9.64 Å². The van der Waals surface area contributed by atoms with E-state index in [4.69, 9.17) is 9.72 Å². The van der Waals surface area contributed by atoms with Crippen LogP contribution in [-0.2, 0) is 11.2 Å². The van der Waals surface area contributed by atoms with Gasteiger partial charge in [-0.25, -0.2) is 9.50 Å². The van der Waals surface area contributed by atoms with E-state index in [9.17, 15) is 15.2 Å². The van der Waals surface area contributed by atoms with Gasteiger partial charge < -0.3 is 19.6 Å². The van der Waals surface area contributed by atoms with Crippen molar-refractivity contribution in [3.63, 3.8) is 0 Å². The fraction of sp³-hybridized carbons (Fsp3) is 0.286. The number of pyridine rings is 2. The molecule has 3 aromatic heterocycles. The summed E-state index contributed by atoms with van der Waals surface area (Å²) in [5.41, 5.74) is 3.75. The molecule has 1 N–H and O–H groups in total. The number of piperazine rings is 1. The first-order valence-corrected chi connectivity index (χ1v) is 12.3. The first-order chi connectivity index (χ1) is 18.0. The minimum Gasteiger partial charge on any atom is -0.489 e. The molecule has 1 saturated heterocycles. The summed E-state index contributed by atoms with van der Waals surface area (Å²) in [4.78, 5) is 21.5. The van der Waals surface area contributed by atoms with Crippen LogP contribution in [0.4, 0.5) is 5.82 Å². The normalized spacial score (nSPS) is 14.4. The van der Waals surface area contributed by atoms with E-state index >= 15 is 0 Å². The highest BCUT2D eigenvalue weighted by molar-refractivity contribution is 5.85. The van der Waals surface area contributed by atoms with Crippen molar-refractivity contribution in [3.05, 3.63) is 78.2 Å². The number of nitrogens with zero attached hydrogens (tertiary/aromatic N) is 6. The van der Waals surface area contributed by atoms with Crippen LogP contribution in [0.5, 0.6) is 5.75 Å². The van der Waals surface area contributed by atoms with E-state index in [-0.39, 0.29) is 12.5 Å². The van der Waals surface area contributed by atoms with E-state index in [1.165, 1.54) is 6.20 Å². The molecule has 1 aliphatic heterocycles. The molecule has 0 saturated carbocycles. The lowest BCUT2D eigenvalue weighted by molar-refractivity contribution is -0.130. The van der Waals surface area contributed by atoms with Crippen molar-refractivity contribution in [2.75, 3.05) is 37.7 Å². The number of ether oxygens (including phenoxy) is 1. The average molecular weight is 497 g/mol. The number of hydrogen-bond donors (Lipinski definition) is 1. The van der Waals surface area contributed by atoms with E-state index < -0.39 is 6.10 Å². The summed E-state index contributed by atoms with van der Waals surface area (Å²) in [5, 5.41) is 23.5. The Morgan fingerprint density at radius 2 is 1.92 bits per heavy atom. The Labute approximate surface area is 215 Å². The van der Waals surface area contributed by atoms with Gasteiger partial charge in [-0.05, 0) is 30.7 Å². The molecule has 5 rings (SSSR count). The summed E-state index contributed by atoms with van der Waals surface area (Å²) in [6.45, 7) is 4.53. The summed E-state index contributed by atoms with van der Waals surface area (Å²) in [6.07, 6.45) is 4.81. The van der Waals surface area contributed by atoms with E-state index in [0.717, 1.165) is 22.5 Å². The third kappa shape index (κ3) is 5.39. The summed E-state index contributed by atoms with van der Waals surface area (Å²) in [5.74, 6) is 1.52. The van der Waals surface area contributed by atoms with Crippen LogP contribution >= 0.6 is 0 Å². The number of amides is 1. The van der Waals surface area contributed by atoms with Gasteiger partial charge in [0.1, 0.15) is 24.2 Å². The van der Waals surface area contributed by atoms with Crippen molar-refractivity contribution in [1.82, 2.24) is 19.5 Å². The zero-order valence-corrected chi connectivity index (χ0v) is 20.6. The molecule has 4 heterocycles. The van der Waals surface area contributed by atoms with Gasteiger partial charge in [0.2, 0.25) is 5.91 Å². The summed E-state index contributed by atoms with van der Waals surface area (Å²) >= 11 is 0. The largest absolute Gasteiger partial charge is 0.489 e. The summed E-state index contributed by atoms with van der Waals surface area (Å²) < 4.78 is 7.33. The highest BCUT2D eigenvalue weighted by Crippen LogP contribution is 2.31. The molecule has 188 valence electrons. The predicted molar refractivity (Wildman–Crippen MR) is 139 cm³/mol. The topological polar surface area (TPSA) is 107 Å². The van der Waals surface area contributed by atoms with Gasteiger partial charge in [0.25, 0.3) is 0 Å². The molecular formula is C28H28N6O3. The molecule has 4 aromatic rings. The number of carbonyl (C=O) groups is 1. The lowest BCUT2D eigenvalue weighted by Gasteiger charge is -2.35. The maximum atomic E-state index is 12.7. The number of carbonyl (C=O) groups excluding carboxylic acids is 1. The molecular weight excluding hydrogens is 468 g/mol. The molecule has 1 amide bonds. The van der Waals surface area contributed by atoms with Crippen molar-refractivity contribution in [2.45, 2.75) is 19.4 Å². The van der Waals surface area contributed by atoms with E-state index in [0.29, 0.717) is 49.4 Å². The number of aliphatic hydroxyl groups is 1. The average Bonchev–Trinajstić information content (AvgIpc) is 3.35. The van der Waals surface area contributed by atoms with Crippen LogP contribution in [0, 0.1) is 11.3 Å². The third-order valence-electron chi connectivity index (χ3n) is 6.41. The van der Waals surface area contributed by atoms with E-state index in [2.05, 4.69) is 16.1 Å². The van der Waals surface area contributed by atoms with Crippen LogP contribution in [0.1, 0.15) is 18.1 Å². The molecule has 1 atom stereocenters. The Morgan fingerprint density at radius 3 is 2.59 bits per heavy atom. The van der Waals surface area contributed by atoms with Crippen LogP contribution in [0.3, 0.4) is 0 Å². The first-order valence-electron chi connectivity index (χ1n) is 12.3. The standard InChI is InChI=1S/C28H28N6O3/c1-20(35)19-37-24-14-25(28-23(15-29)17-31-34(28)18-24)22-7-8-26(30-16-22)32-9-11-33(12-10-32)27(36)13-21-5-3-2-4-6-21/h2-8,14,16-18,20,35H,9-13,19H2,1H3/t20-/m0/s1. The predicted octanol–water partition coefficient (Wildman–Crippen LogP) is 2.92. The molecule has 0 aliphatic carbocycles. The van der Waals surface area contributed by atoms with Gasteiger partial charge in [-0.2, -0.15) is 10.4 Å². The molecule has 1 aliphatic rings. The minimum atomic E-state index is -0.610. The third-order valence-corrected chi connectivity index (χ3v) is 6.41. The quantitative estimate of drug-likeness (QED) is 0.419. The van der Waals surface area contributed by atoms with E-state index in [1.807, 2.05) is 53.4 Å². The van der Waals surface area contributed by atoms with Gasteiger partial charge in [0.05, 0.1) is 36.0 Å². The maximum Gasteiger partial charge on any atom is 0.227 e. The monoisotopic (exact) mass is 496 g/mol. The number of rotatable bonds is 7.